The molecule has 0 aliphatic carbocycles. The number of hydrogen-bond acceptors (Lipinski definition) is 4. The third-order valence-corrected chi connectivity index (χ3v) is 1.76. The van der Waals surface area contributed by atoms with Gasteiger partial charge in [0.2, 0.25) is 0 Å². The van der Waals surface area contributed by atoms with Crippen LogP contribution in [0.25, 0.3) is 11.2 Å². The molecule has 0 spiro atoms. The molecule has 13 heavy (non-hydrogen) atoms. The number of rotatable bonds is 0. The van der Waals surface area contributed by atoms with E-state index in [1.165, 1.54) is 0 Å². The van der Waals surface area contributed by atoms with Crippen molar-refractivity contribution < 1.29 is 4.42 Å². The zero-order valence-corrected chi connectivity index (χ0v) is 7.37. The van der Waals surface area contributed by atoms with Crippen LogP contribution in [0.4, 0.5) is 0 Å². The summed E-state index contributed by atoms with van der Waals surface area (Å²) in [5.41, 5.74) is 2.26. The summed E-state index contributed by atoms with van der Waals surface area (Å²) in [6.07, 6.45) is 1.13. The van der Waals surface area contributed by atoms with Crippen molar-refractivity contribution in [3.05, 3.63) is 33.9 Å². The van der Waals surface area contributed by atoms with Crippen molar-refractivity contribution in [3.8, 4) is 0 Å². The van der Waals surface area contributed by atoms with Gasteiger partial charge in [-0.1, -0.05) is 0 Å². The minimum atomic E-state index is -0.443. The average molecular weight is 176 g/mol. The molecule has 0 fully saturated rings. The maximum absolute atomic E-state index is 10.9. The van der Waals surface area contributed by atoms with E-state index in [9.17, 15) is 4.79 Å². The van der Waals surface area contributed by atoms with Crippen molar-refractivity contribution in [3.63, 3.8) is 0 Å². The minimum absolute atomic E-state index is 0.443. The Morgan fingerprint density at radius 2 is 2.15 bits per heavy atom. The standard InChI is InChI=1S/C9H8N2O2/c1-5-3-6(2)11-9-8(5)13-7(12)4-10-9/h3-4H,1-2H3. The highest BCUT2D eigenvalue weighted by atomic mass is 16.4. The fourth-order valence-corrected chi connectivity index (χ4v) is 1.26. The van der Waals surface area contributed by atoms with Gasteiger partial charge in [0.15, 0.2) is 11.2 Å². The summed E-state index contributed by atoms with van der Waals surface area (Å²) < 4.78 is 4.97. The van der Waals surface area contributed by atoms with Crippen molar-refractivity contribution in [2.75, 3.05) is 0 Å². The first-order valence-corrected chi connectivity index (χ1v) is 3.91. The number of aryl methyl sites for hydroxylation is 2. The number of pyridine rings is 1. The summed E-state index contributed by atoms with van der Waals surface area (Å²) in [6, 6.07) is 1.85. The molecule has 0 saturated heterocycles. The molecule has 0 aliphatic rings. The van der Waals surface area contributed by atoms with Crippen LogP contribution in [0.1, 0.15) is 11.3 Å². The van der Waals surface area contributed by atoms with Gasteiger partial charge >= 0.3 is 5.63 Å². The van der Waals surface area contributed by atoms with Crippen LogP contribution in [0, 0.1) is 13.8 Å². The van der Waals surface area contributed by atoms with Crippen molar-refractivity contribution >= 4 is 11.2 Å². The Hall–Kier alpha value is -1.71. The van der Waals surface area contributed by atoms with E-state index in [-0.39, 0.29) is 0 Å². The molecule has 2 aromatic rings. The molecule has 2 aromatic heterocycles. The van der Waals surface area contributed by atoms with Crippen molar-refractivity contribution in [1.29, 1.82) is 0 Å². The molecule has 2 heterocycles. The summed E-state index contributed by atoms with van der Waals surface area (Å²) >= 11 is 0. The van der Waals surface area contributed by atoms with Crippen LogP contribution in [0.5, 0.6) is 0 Å². The molecule has 0 N–H and O–H groups in total. The first kappa shape index (κ1) is 7.91. The summed E-state index contributed by atoms with van der Waals surface area (Å²) in [5.74, 6) is 0. The molecule has 0 bridgehead atoms. The SMILES string of the molecule is Cc1cc(C)c2oc(=O)cnc2n1. The molecule has 2 rings (SSSR count). The fourth-order valence-electron chi connectivity index (χ4n) is 1.26. The first-order valence-electron chi connectivity index (χ1n) is 3.91. The van der Waals surface area contributed by atoms with Gasteiger partial charge in [-0.3, -0.25) is 0 Å². The van der Waals surface area contributed by atoms with E-state index in [2.05, 4.69) is 9.97 Å². The minimum Gasteiger partial charge on any atom is -0.418 e. The number of fused-ring (bicyclic) bond motifs is 1. The van der Waals surface area contributed by atoms with E-state index in [0.717, 1.165) is 17.5 Å². The molecule has 0 atom stereocenters. The van der Waals surface area contributed by atoms with Gasteiger partial charge in [0, 0.05) is 5.69 Å². The van der Waals surface area contributed by atoms with E-state index in [0.29, 0.717) is 11.2 Å². The Morgan fingerprint density at radius 1 is 1.38 bits per heavy atom. The van der Waals surface area contributed by atoms with Crippen LogP contribution in [0.3, 0.4) is 0 Å². The lowest BCUT2D eigenvalue weighted by Gasteiger charge is -1.99. The highest BCUT2D eigenvalue weighted by Crippen LogP contribution is 2.12. The smallest absolute Gasteiger partial charge is 0.355 e. The van der Waals surface area contributed by atoms with Crippen LogP contribution in [0.15, 0.2) is 21.5 Å². The predicted octanol–water partition coefficient (Wildman–Crippen LogP) is 1.20. The van der Waals surface area contributed by atoms with Gasteiger partial charge in [-0.15, -0.1) is 0 Å². The van der Waals surface area contributed by atoms with Gasteiger partial charge in [-0.2, -0.15) is 0 Å². The average Bonchev–Trinajstić information content (AvgIpc) is 2.06. The maximum atomic E-state index is 10.9. The highest BCUT2D eigenvalue weighted by molar-refractivity contribution is 5.70. The van der Waals surface area contributed by atoms with Gasteiger partial charge < -0.3 is 4.42 Å². The normalized spacial score (nSPS) is 10.6. The quantitative estimate of drug-likeness (QED) is 0.605. The van der Waals surface area contributed by atoms with Crippen molar-refractivity contribution in [2.45, 2.75) is 13.8 Å². The molecule has 4 heteroatoms. The molecule has 0 aliphatic heterocycles. The summed E-state index contributed by atoms with van der Waals surface area (Å²) in [5, 5.41) is 0. The second-order valence-electron chi connectivity index (χ2n) is 2.91. The van der Waals surface area contributed by atoms with Gasteiger partial charge in [-0.25, -0.2) is 14.8 Å². The highest BCUT2D eigenvalue weighted by Gasteiger charge is 2.03. The molecule has 0 aromatic carbocycles. The van der Waals surface area contributed by atoms with Crippen LogP contribution in [-0.2, 0) is 0 Å². The van der Waals surface area contributed by atoms with E-state index in [1.54, 1.807) is 0 Å². The van der Waals surface area contributed by atoms with Crippen LogP contribution < -0.4 is 5.63 Å². The van der Waals surface area contributed by atoms with Gasteiger partial charge in [-0.05, 0) is 25.5 Å². The van der Waals surface area contributed by atoms with Crippen molar-refractivity contribution in [1.82, 2.24) is 9.97 Å². The summed E-state index contributed by atoms with van der Waals surface area (Å²) in [6.45, 7) is 3.74. The second kappa shape index (κ2) is 2.65. The lowest BCUT2D eigenvalue weighted by molar-refractivity contribution is 0.550. The van der Waals surface area contributed by atoms with Gasteiger partial charge in [0.1, 0.15) is 6.20 Å². The monoisotopic (exact) mass is 176 g/mol. The number of hydrogen-bond donors (Lipinski definition) is 0. The Bertz CT molecular complexity index is 516. The van der Waals surface area contributed by atoms with Crippen LogP contribution >= 0.6 is 0 Å². The Morgan fingerprint density at radius 3 is 2.92 bits per heavy atom. The lowest BCUT2D eigenvalue weighted by atomic mass is 10.2. The van der Waals surface area contributed by atoms with E-state index in [4.69, 9.17) is 4.42 Å². The largest absolute Gasteiger partial charge is 0.418 e. The molecule has 0 amide bonds. The first-order chi connectivity index (χ1) is 6.16. The number of aromatic nitrogens is 2. The van der Waals surface area contributed by atoms with Gasteiger partial charge in [0.05, 0.1) is 0 Å². The molecule has 66 valence electrons. The molecule has 0 saturated carbocycles. The van der Waals surface area contributed by atoms with E-state index in [1.807, 2.05) is 19.9 Å². The van der Waals surface area contributed by atoms with Crippen LogP contribution in [-0.4, -0.2) is 9.97 Å². The topological polar surface area (TPSA) is 56.0 Å². The molecule has 0 radical (unpaired) electrons. The van der Waals surface area contributed by atoms with E-state index < -0.39 is 5.63 Å². The molecular weight excluding hydrogens is 168 g/mol. The maximum Gasteiger partial charge on any atom is 0.355 e. The fraction of sp³-hybridized carbons (Fsp3) is 0.222. The van der Waals surface area contributed by atoms with Crippen LogP contribution in [0.2, 0.25) is 0 Å². The predicted molar refractivity (Wildman–Crippen MR) is 47.5 cm³/mol. The van der Waals surface area contributed by atoms with Gasteiger partial charge in [0.25, 0.3) is 0 Å². The third kappa shape index (κ3) is 1.30. The zero-order chi connectivity index (χ0) is 9.42. The molecular formula is C9H8N2O2. The third-order valence-electron chi connectivity index (χ3n) is 1.76. The number of nitrogens with zero attached hydrogens (tertiary/aromatic N) is 2. The Kier molecular flexibility index (Phi) is 1.62. The summed E-state index contributed by atoms with van der Waals surface area (Å²) in [4.78, 5) is 18.9. The lowest BCUT2D eigenvalue weighted by Crippen LogP contribution is -2.00. The van der Waals surface area contributed by atoms with Crippen molar-refractivity contribution in [2.24, 2.45) is 0 Å². The molecule has 4 nitrogen and oxygen atoms in total. The van der Waals surface area contributed by atoms with E-state index >= 15 is 0 Å². The zero-order valence-electron chi connectivity index (χ0n) is 7.37. The Balaban J connectivity index is 2.95. The molecule has 0 unspecified atom stereocenters. The summed E-state index contributed by atoms with van der Waals surface area (Å²) in [7, 11) is 0. The second-order valence-corrected chi connectivity index (χ2v) is 2.91. The Labute approximate surface area is 74.2 Å².